The summed E-state index contributed by atoms with van der Waals surface area (Å²) in [6.07, 6.45) is 2.55. The summed E-state index contributed by atoms with van der Waals surface area (Å²) in [6, 6.07) is 5.87. The van der Waals surface area contributed by atoms with Crippen molar-refractivity contribution < 1.29 is 9.59 Å². The number of nitrogens with zero attached hydrogens (tertiary/aromatic N) is 1. The van der Waals surface area contributed by atoms with Crippen LogP contribution in [0.2, 0.25) is 0 Å². The van der Waals surface area contributed by atoms with E-state index in [0.29, 0.717) is 36.7 Å². The fourth-order valence-corrected chi connectivity index (χ4v) is 2.45. The van der Waals surface area contributed by atoms with Crippen LogP contribution in [-0.2, 0) is 6.54 Å². The van der Waals surface area contributed by atoms with Crippen LogP contribution in [-0.4, -0.2) is 29.2 Å². The second-order valence-corrected chi connectivity index (χ2v) is 5.00. The van der Waals surface area contributed by atoms with E-state index >= 15 is 0 Å². The van der Waals surface area contributed by atoms with Crippen LogP contribution in [0.15, 0.2) is 18.2 Å². The molecule has 2 N–H and O–H groups in total. The molecular formula is C14H16N2O2. The molecule has 0 atom stereocenters. The molecule has 0 unspecified atom stereocenters. The molecule has 1 heterocycles. The normalized spacial score (nSPS) is 18.1. The lowest BCUT2D eigenvalue weighted by Crippen LogP contribution is -2.25. The summed E-state index contributed by atoms with van der Waals surface area (Å²) in [5.74, 6) is 0.0906. The maximum atomic E-state index is 12.2. The maximum absolute atomic E-state index is 12.2. The molecule has 1 aromatic rings. The van der Waals surface area contributed by atoms with Crippen molar-refractivity contribution in [2.75, 3.05) is 6.54 Å². The van der Waals surface area contributed by atoms with Crippen LogP contribution in [0.3, 0.4) is 0 Å². The Morgan fingerprint density at radius 3 is 2.83 bits per heavy atom. The van der Waals surface area contributed by atoms with E-state index in [1.807, 2.05) is 11.0 Å². The van der Waals surface area contributed by atoms with E-state index < -0.39 is 0 Å². The van der Waals surface area contributed by atoms with E-state index in [-0.39, 0.29) is 11.7 Å². The third kappa shape index (κ3) is 1.82. The SMILES string of the molecule is NCCC(=O)c1ccc2c(c1)C(=O)N(C1CC1)C2. The number of hydrogen-bond acceptors (Lipinski definition) is 3. The molecule has 1 amide bonds. The molecule has 4 nitrogen and oxygen atoms in total. The van der Waals surface area contributed by atoms with Crippen LogP contribution in [0.5, 0.6) is 0 Å². The van der Waals surface area contributed by atoms with Crippen molar-refractivity contribution in [2.24, 2.45) is 5.73 Å². The minimum absolute atomic E-state index is 0.0120. The largest absolute Gasteiger partial charge is 0.331 e. The molecule has 3 rings (SSSR count). The van der Waals surface area contributed by atoms with Crippen LogP contribution in [0.25, 0.3) is 0 Å². The fraction of sp³-hybridized carbons (Fsp3) is 0.429. The third-order valence-corrected chi connectivity index (χ3v) is 3.62. The van der Waals surface area contributed by atoms with Gasteiger partial charge in [0.25, 0.3) is 5.91 Å². The highest BCUT2D eigenvalue weighted by Crippen LogP contribution is 2.34. The van der Waals surface area contributed by atoms with Gasteiger partial charge in [-0.25, -0.2) is 0 Å². The quantitative estimate of drug-likeness (QED) is 0.813. The average molecular weight is 244 g/mol. The first-order valence-corrected chi connectivity index (χ1v) is 6.38. The van der Waals surface area contributed by atoms with Crippen molar-refractivity contribution in [1.82, 2.24) is 4.90 Å². The van der Waals surface area contributed by atoms with Crippen molar-refractivity contribution in [3.8, 4) is 0 Å². The molecule has 0 spiro atoms. The molecule has 94 valence electrons. The standard InChI is InChI=1S/C14H16N2O2/c15-6-5-13(17)9-1-2-10-8-16(11-3-4-11)14(18)12(10)7-9/h1-2,7,11H,3-6,8,15H2. The van der Waals surface area contributed by atoms with Gasteiger partial charge in [-0.15, -0.1) is 0 Å². The molecule has 4 heteroatoms. The monoisotopic (exact) mass is 244 g/mol. The molecule has 1 fully saturated rings. The lowest BCUT2D eigenvalue weighted by atomic mass is 10.0. The maximum Gasteiger partial charge on any atom is 0.254 e. The van der Waals surface area contributed by atoms with Crippen molar-refractivity contribution in [3.63, 3.8) is 0 Å². The Morgan fingerprint density at radius 1 is 1.39 bits per heavy atom. The molecule has 1 aromatic carbocycles. The topological polar surface area (TPSA) is 63.4 Å². The summed E-state index contributed by atoms with van der Waals surface area (Å²) in [5, 5.41) is 0. The first-order valence-electron chi connectivity index (χ1n) is 6.38. The molecule has 2 aliphatic rings. The van der Waals surface area contributed by atoms with Gasteiger partial charge in [-0.1, -0.05) is 12.1 Å². The smallest absolute Gasteiger partial charge is 0.254 e. The van der Waals surface area contributed by atoms with Crippen molar-refractivity contribution in [3.05, 3.63) is 34.9 Å². The summed E-state index contributed by atoms with van der Waals surface area (Å²) in [5.41, 5.74) is 7.72. The highest BCUT2D eigenvalue weighted by Gasteiger charge is 2.38. The third-order valence-electron chi connectivity index (χ3n) is 3.62. The van der Waals surface area contributed by atoms with Crippen molar-refractivity contribution in [1.29, 1.82) is 0 Å². The Kier molecular flexibility index (Phi) is 2.67. The molecule has 18 heavy (non-hydrogen) atoms. The number of ketones is 1. The van der Waals surface area contributed by atoms with Gasteiger partial charge in [-0.05, 0) is 31.0 Å². The minimum Gasteiger partial charge on any atom is -0.331 e. The zero-order chi connectivity index (χ0) is 12.7. The van der Waals surface area contributed by atoms with Gasteiger partial charge in [0.05, 0.1) is 0 Å². The number of benzene rings is 1. The predicted octanol–water partition coefficient (Wildman–Crippen LogP) is 1.34. The number of rotatable bonds is 4. The van der Waals surface area contributed by atoms with Gasteiger partial charge in [-0.2, -0.15) is 0 Å². The van der Waals surface area contributed by atoms with Crippen molar-refractivity contribution >= 4 is 11.7 Å². The molecule has 0 radical (unpaired) electrons. The van der Waals surface area contributed by atoms with Crippen LogP contribution < -0.4 is 5.73 Å². The van der Waals surface area contributed by atoms with Gasteiger partial charge in [0.1, 0.15) is 0 Å². The number of carbonyl (C=O) groups excluding carboxylic acids is 2. The molecule has 1 aliphatic heterocycles. The van der Waals surface area contributed by atoms with Crippen LogP contribution in [0.4, 0.5) is 0 Å². The Bertz CT molecular complexity index is 521. The summed E-state index contributed by atoms with van der Waals surface area (Å²) in [4.78, 5) is 25.9. The number of amides is 1. The molecule has 0 saturated heterocycles. The first-order chi connectivity index (χ1) is 8.70. The Morgan fingerprint density at radius 2 is 2.17 bits per heavy atom. The van der Waals surface area contributed by atoms with Crippen LogP contribution in [0, 0.1) is 0 Å². The number of carbonyl (C=O) groups is 2. The van der Waals surface area contributed by atoms with Gasteiger partial charge < -0.3 is 10.6 Å². The van der Waals surface area contributed by atoms with Gasteiger partial charge in [0, 0.05) is 30.1 Å². The highest BCUT2D eigenvalue weighted by atomic mass is 16.2. The van der Waals surface area contributed by atoms with E-state index in [1.54, 1.807) is 12.1 Å². The van der Waals surface area contributed by atoms with Gasteiger partial charge in [-0.3, -0.25) is 9.59 Å². The summed E-state index contributed by atoms with van der Waals surface area (Å²) in [7, 11) is 0. The van der Waals surface area contributed by atoms with E-state index in [4.69, 9.17) is 5.73 Å². The fourth-order valence-electron chi connectivity index (χ4n) is 2.45. The Hall–Kier alpha value is -1.68. The minimum atomic E-state index is 0.0120. The van der Waals surface area contributed by atoms with E-state index in [9.17, 15) is 9.59 Å². The average Bonchev–Trinajstić information content (AvgIpc) is 3.15. The van der Waals surface area contributed by atoms with E-state index in [2.05, 4.69) is 0 Å². The molecule has 1 saturated carbocycles. The lowest BCUT2D eigenvalue weighted by molar-refractivity contribution is 0.0766. The summed E-state index contributed by atoms with van der Waals surface area (Å²) in [6.45, 7) is 1.04. The Labute approximate surface area is 106 Å². The summed E-state index contributed by atoms with van der Waals surface area (Å²) < 4.78 is 0. The first kappa shape index (κ1) is 11.4. The zero-order valence-electron chi connectivity index (χ0n) is 10.2. The van der Waals surface area contributed by atoms with E-state index in [0.717, 1.165) is 18.4 Å². The lowest BCUT2D eigenvalue weighted by Gasteiger charge is -2.13. The van der Waals surface area contributed by atoms with Gasteiger partial charge in [0.2, 0.25) is 0 Å². The number of Topliss-reactive ketones (excluding diaryl/α,β-unsaturated/α-hetero) is 1. The number of hydrogen-bond donors (Lipinski definition) is 1. The molecule has 0 aromatic heterocycles. The Balaban J connectivity index is 1.88. The highest BCUT2D eigenvalue weighted by molar-refractivity contribution is 6.03. The predicted molar refractivity (Wildman–Crippen MR) is 67.3 cm³/mol. The van der Waals surface area contributed by atoms with E-state index in [1.165, 1.54) is 0 Å². The van der Waals surface area contributed by atoms with Crippen LogP contribution >= 0.6 is 0 Å². The molecular weight excluding hydrogens is 228 g/mol. The van der Waals surface area contributed by atoms with Gasteiger partial charge >= 0.3 is 0 Å². The van der Waals surface area contributed by atoms with Crippen molar-refractivity contribution in [2.45, 2.75) is 31.8 Å². The second kappa shape index (κ2) is 4.21. The molecule has 0 bridgehead atoms. The number of fused-ring (bicyclic) bond motifs is 1. The summed E-state index contributed by atoms with van der Waals surface area (Å²) >= 11 is 0. The number of nitrogens with two attached hydrogens (primary N) is 1. The van der Waals surface area contributed by atoms with Crippen LogP contribution in [0.1, 0.15) is 45.5 Å². The van der Waals surface area contributed by atoms with Gasteiger partial charge in [0.15, 0.2) is 5.78 Å². The molecule has 1 aliphatic carbocycles. The second-order valence-electron chi connectivity index (χ2n) is 5.00. The zero-order valence-corrected chi connectivity index (χ0v) is 10.2.